The monoisotopic (exact) mass is 277 g/mol. The molecule has 2 aromatic heterocycles. The van der Waals surface area contributed by atoms with E-state index in [1.165, 1.54) is 10.3 Å². The number of thiophene rings is 1. The van der Waals surface area contributed by atoms with E-state index in [9.17, 15) is 5.11 Å². The summed E-state index contributed by atoms with van der Waals surface area (Å²) in [5.74, 6) is 1.49. The normalized spacial score (nSPS) is 19.0. The highest BCUT2D eigenvalue weighted by molar-refractivity contribution is 7.18. The molecule has 5 heteroatoms. The largest absolute Gasteiger partial charge is 0.393 e. The van der Waals surface area contributed by atoms with Crippen LogP contribution < -0.4 is 4.90 Å². The molecular formula is C14H19N3OS. The summed E-state index contributed by atoms with van der Waals surface area (Å²) in [6.07, 6.45) is 3.54. The maximum Gasteiger partial charge on any atom is 0.150 e. The topological polar surface area (TPSA) is 49.2 Å². The Morgan fingerprint density at radius 1 is 1.37 bits per heavy atom. The molecule has 0 radical (unpaired) electrons. The van der Waals surface area contributed by atoms with Gasteiger partial charge < -0.3 is 10.0 Å². The van der Waals surface area contributed by atoms with E-state index in [1.54, 1.807) is 17.7 Å². The molecule has 3 rings (SSSR count). The van der Waals surface area contributed by atoms with E-state index in [-0.39, 0.29) is 6.10 Å². The third-order valence-electron chi connectivity index (χ3n) is 4.03. The van der Waals surface area contributed by atoms with E-state index in [4.69, 9.17) is 0 Å². The van der Waals surface area contributed by atoms with Gasteiger partial charge in [-0.1, -0.05) is 0 Å². The fraction of sp³-hybridized carbons (Fsp3) is 0.571. The highest BCUT2D eigenvalue weighted by Crippen LogP contribution is 2.33. The number of aryl methyl sites for hydroxylation is 1. The lowest BCUT2D eigenvalue weighted by molar-refractivity contribution is 0.110. The van der Waals surface area contributed by atoms with Gasteiger partial charge in [-0.2, -0.15) is 0 Å². The highest BCUT2D eigenvalue weighted by atomic mass is 32.1. The van der Waals surface area contributed by atoms with Gasteiger partial charge in [0.15, 0.2) is 0 Å². The summed E-state index contributed by atoms with van der Waals surface area (Å²) in [7, 11) is 0. The third-order valence-corrected chi connectivity index (χ3v) is 5.12. The van der Waals surface area contributed by atoms with Gasteiger partial charge in [-0.3, -0.25) is 0 Å². The van der Waals surface area contributed by atoms with Crippen LogP contribution in [-0.4, -0.2) is 34.3 Å². The van der Waals surface area contributed by atoms with Gasteiger partial charge in [0.05, 0.1) is 16.3 Å². The highest BCUT2D eigenvalue weighted by Gasteiger charge is 2.24. The Bertz CT molecular complexity index is 573. The summed E-state index contributed by atoms with van der Waals surface area (Å²) >= 11 is 1.73. The molecule has 1 fully saturated rings. The van der Waals surface area contributed by atoms with Crippen LogP contribution in [0.2, 0.25) is 0 Å². The molecule has 0 bridgehead atoms. The van der Waals surface area contributed by atoms with Crippen LogP contribution >= 0.6 is 11.3 Å². The summed E-state index contributed by atoms with van der Waals surface area (Å²) in [6, 6.07) is 0. The van der Waals surface area contributed by atoms with Crippen molar-refractivity contribution in [3.05, 3.63) is 17.3 Å². The molecule has 0 spiro atoms. The Balaban J connectivity index is 1.86. The zero-order valence-corrected chi connectivity index (χ0v) is 12.2. The minimum Gasteiger partial charge on any atom is -0.393 e. The summed E-state index contributed by atoms with van der Waals surface area (Å²) < 4.78 is 1.19. The Kier molecular flexibility index (Phi) is 3.41. The van der Waals surface area contributed by atoms with Crippen molar-refractivity contribution in [2.45, 2.75) is 32.8 Å². The number of fused-ring (bicyclic) bond motifs is 1. The van der Waals surface area contributed by atoms with E-state index >= 15 is 0 Å². The lowest BCUT2D eigenvalue weighted by Crippen LogP contribution is -2.37. The molecule has 1 aliphatic rings. The van der Waals surface area contributed by atoms with Gasteiger partial charge in [0.1, 0.15) is 12.1 Å². The first-order valence-corrected chi connectivity index (χ1v) is 7.66. The predicted octanol–water partition coefficient (Wildman–Crippen LogP) is 2.60. The molecule has 1 N–H and O–H groups in total. The van der Waals surface area contributed by atoms with Gasteiger partial charge >= 0.3 is 0 Å². The number of aliphatic hydroxyl groups excluding tert-OH is 1. The Labute approximate surface area is 117 Å². The average Bonchev–Trinajstić information content (AvgIpc) is 2.81. The van der Waals surface area contributed by atoms with Crippen molar-refractivity contribution in [2.24, 2.45) is 5.92 Å². The summed E-state index contributed by atoms with van der Waals surface area (Å²) in [6.45, 7) is 5.93. The van der Waals surface area contributed by atoms with Crippen LogP contribution in [0.1, 0.15) is 25.3 Å². The predicted molar refractivity (Wildman–Crippen MR) is 78.8 cm³/mol. The molecule has 102 valence electrons. The Morgan fingerprint density at radius 2 is 2.11 bits per heavy atom. The van der Waals surface area contributed by atoms with E-state index in [1.807, 2.05) is 6.92 Å². The van der Waals surface area contributed by atoms with Crippen molar-refractivity contribution in [1.29, 1.82) is 0 Å². The number of nitrogens with zero attached hydrogens (tertiary/aromatic N) is 3. The SMILES string of the molecule is Cc1csc2c(N3CCC(C(C)O)CC3)ncnc12. The van der Waals surface area contributed by atoms with E-state index in [0.29, 0.717) is 5.92 Å². The maximum absolute atomic E-state index is 9.67. The second kappa shape index (κ2) is 5.06. The molecule has 1 atom stereocenters. The van der Waals surface area contributed by atoms with Crippen LogP contribution in [0, 0.1) is 12.8 Å². The number of hydrogen-bond acceptors (Lipinski definition) is 5. The number of aromatic nitrogens is 2. The molecular weight excluding hydrogens is 258 g/mol. The zero-order chi connectivity index (χ0) is 13.4. The van der Waals surface area contributed by atoms with Crippen molar-refractivity contribution >= 4 is 27.4 Å². The van der Waals surface area contributed by atoms with Crippen molar-refractivity contribution in [3.8, 4) is 0 Å². The molecule has 0 aliphatic carbocycles. The second-order valence-corrected chi connectivity index (χ2v) is 6.24. The summed E-state index contributed by atoms with van der Waals surface area (Å²) in [5, 5.41) is 11.8. The van der Waals surface area contributed by atoms with Crippen LogP contribution in [-0.2, 0) is 0 Å². The minimum absolute atomic E-state index is 0.198. The van der Waals surface area contributed by atoms with Crippen molar-refractivity contribution < 1.29 is 5.11 Å². The first kappa shape index (κ1) is 12.8. The standard InChI is InChI=1S/C14H19N3OS/c1-9-7-19-13-12(9)15-8-16-14(13)17-5-3-11(4-6-17)10(2)18/h7-8,10-11,18H,3-6H2,1-2H3. The van der Waals surface area contributed by atoms with Crippen molar-refractivity contribution in [1.82, 2.24) is 9.97 Å². The first-order valence-electron chi connectivity index (χ1n) is 6.78. The number of rotatable bonds is 2. The average molecular weight is 277 g/mol. The lowest BCUT2D eigenvalue weighted by atomic mass is 9.92. The first-order chi connectivity index (χ1) is 9.16. The molecule has 1 unspecified atom stereocenters. The van der Waals surface area contributed by atoms with Crippen LogP contribution in [0.3, 0.4) is 0 Å². The van der Waals surface area contributed by atoms with E-state index in [2.05, 4.69) is 27.2 Å². The van der Waals surface area contributed by atoms with Gasteiger partial charge in [0.2, 0.25) is 0 Å². The number of piperidine rings is 1. The zero-order valence-electron chi connectivity index (χ0n) is 11.3. The van der Waals surface area contributed by atoms with Crippen molar-refractivity contribution in [3.63, 3.8) is 0 Å². The van der Waals surface area contributed by atoms with Gasteiger partial charge in [-0.15, -0.1) is 11.3 Å². The molecule has 1 aliphatic heterocycles. The van der Waals surface area contributed by atoms with Crippen molar-refractivity contribution in [2.75, 3.05) is 18.0 Å². The van der Waals surface area contributed by atoms with Crippen LogP contribution in [0.15, 0.2) is 11.7 Å². The molecule has 2 aromatic rings. The van der Waals surface area contributed by atoms with Crippen LogP contribution in [0.5, 0.6) is 0 Å². The minimum atomic E-state index is -0.198. The van der Waals surface area contributed by atoms with Crippen LogP contribution in [0.25, 0.3) is 10.2 Å². The fourth-order valence-electron chi connectivity index (χ4n) is 2.78. The van der Waals surface area contributed by atoms with Gasteiger partial charge in [-0.25, -0.2) is 9.97 Å². The third kappa shape index (κ3) is 2.32. The number of hydrogen-bond donors (Lipinski definition) is 1. The molecule has 1 saturated heterocycles. The maximum atomic E-state index is 9.67. The molecule has 3 heterocycles. The molecule has 19 heavy (non-hydrogen) atoms. The van der Waals surface area contributed by atoms with Crippen LogP contribution in [0.4, 0.5) is 5.82 Å². The lowest BCUT2D eigenvalue weighted by Gasteiger charge is -2.34. The Hall–Kier alpha value is -1.20. The van der Waals surface area contributed by atoms with Gasteiger partial charge in [-0.05, 0) is 43.6 Å². The number of anilines is 1. The fourth-order valence-corrected chi connectivity index (χ4v) is 3.79. The molecule has 0 aromatic carbocycles. The summed E-state index contributed by atoms with van der Waals surface area (Å²) in [4.78, 5) is 11.2. The van der Waals surface area contributed by atoms with Gasteiger partial charge in [0, 0.05) is 13.1 Å². The summed E-state index contributed by atoms with van der Waals surface area (Å²) in [5.41, 5.74) is 2.30. The Morgan fingerprint density at radius 3 is 2.79 bits per heavy atom. The molecule has 0 amide bonds. The quantitative estimate of drug-likeness (QED) is 0.916. The smallest absolute Gasteiger partial charge is 0.150 e. The number of aliphatic hydroxyl groups is 1. The molecule has 0 saturated carbocycles. The molecule has 4 nitrogen and oxygen atoms in total. The van der Waals surface area contributed by atoms with Gasteiger partial charge in [0.25, 0.3) is 0 Å². The van der Waals surface area contributed by atoms with E-state index < -0.39 is 0 Å². The second-order valence-electron chi connectivity index (χ2n) is 5.36. The van der Waals surface area contributed by atoms with E-state index in [0.717, 1.165) is 37.3 Å².